The number of carbonyl (C=O) groups is 2. The molecule has 0 atom stereocenters. The molecule has 0 aromatic carbocycles. The number of ether oxygens (including phenoxy) is 1. The van der Waals surface area contributed by atoms with E-state index in [-0.39, 0.29) is 5.92 Å². The summed E-state index contributed by atoms with van der Waals surface area (Å²) in [5.41, 5.74) is 1.84. The second-order valence-corrected chi connectivity index (χ2v) is 2.29. The Morgan fingerprint density at radius 3 is 2.55 bits per heavy atom. The maximum absolute atomic E-state index is 10.7. The smallest absolute Gasteiger partial charge is 0.440 e. The maximum Gasteiger partial charge on any atom is 0.440 e. The predicted octanol–water partition coefficient (Wildman–Crippen LogP) is 0.211. The van der Waals surface area contributed by atoms with Crippen LogP contribution in [-0.4, -0.2) is 19.2 Å². The average molecular weight is 159 g/mol. The fourth-order valence-electron chi connectivity index (χ4n) is 0.536. The molecule has 1 saturated carbocycles. The van der Waals surface area contributed by atoms with Crippen molar-refractivity contribution in [3.63, 3.8) is 0 Å². The molecule has 11 heavy (non-hydrogen) atoms. The van der Waals surface area contributed by atoms with Gasteiger partial charge in [0.15, 0.2) is 0 Å². The van der Waals surface area contributed by atoms with E-state index < -0.39 is 12.1 Å². The molecule has 1 rings (SSSR count). The van der Waals surface area contributed by atoms with Crippen molar-refractivity contribution < 1.29 is 19.2 Å². The number of rotatable bonds is 1. The molecule has 1 amide bonds. The number of carbonyl (C=O) groups excluding carboxylic acids is 2. The third-order valence-corrected chi connectivity index (χ3v) is 1.33. The number of amides is 1. The van der Waals surface area contributed by atoms with Crippen LogP contribution in [0.1, 0.15) is 12.8 Å². The minimum Gasteiger partial charge on any atom is -0.451 e. The molecule has 0 aromatic heterocycles. The lowest BCUT2D eigenvalue weighted by molar-refractivity contribution is -0.151. The molecule has 0 unspecified atom stereocenters. The van der Waals surface area contributed by atoms with Gasteiger partial charge in [0.2, 0.25) is 0 Å². The van der Waals surface area contributed by atoms with Crippen LogP contribution >= 0.6 is 0 Å². The fraction of sp³-hybridized carbons (Fsp3) is 0.667. The van der Waals surface area contributed by atoms with Crippen LogP contribution in [0.25, 0.3) is 0 Å². The fourth-order valence-corrected chi connectivity index (χ4v) is 0.536. The number of nitrogens with one attached hydrogen (secondary N) is 1. The van der Waals surface area contributed by atoms with Crippen LogP contribution in [0.3, 0.4) is 0 Å². The van der Waals surface area contributed by atoms with Crippen LogP contribution in [0.5, 0.6) is 0 Å². The van der Waals surface area contributed by atoms with Crippen molar-refractivity contribution in [3.05, 3.63) is 0 Å². The van der Waals surface area contributed by atoms with E-state index in [1.54, 1.807) is 0 Å². The molecule has 0 heterocycles. The normalized spacial score (nSPS) is 15.4. The summed E-state index contributed by atoms with van der Waals surface area (Å²) in [5.74, 6) is -0.414. The van der Waals surface area contributed by atoms with Crippen LogP contribution < -0.4 is 5.48 Å². The highest BCUT2D eigenvalue weighted by molar-refractivity contribution is 5.76. The van der Waals surface area contributed by atoms with Crippen molar-refractivity contribution in [1.82, 2.24) is 5.48 Å². The van der Waals surface area contributed by atoms with Gasteiger partial charge < -0.3 is 9.57 Å². The zero-order chi connectivity index (χ0) is 8.27. The number of hydrogen-bond acceptors (Lipinski definition) is 4. The highest BCUT2D eigenvalue weighted by Crippen LogP contribution is 2.29. The van der Waals surface area contributed by atoms with Gasteiger partial charge in [0, 0.05) is 0 Å². The van der Waals surface area contributed by atoms with Crippen molar-refractivity contribution in [2.24, 2.45) is 5.92 Å². The molecule has 62 valence electrons. The summed E-state index contributed by atoms with van der Waals surface area (Å²) in [4.78, 5) is 25.4. The first-order valence-corrected chi connectivity index (χ1v) is 3.28. The third-order valence-electron chi connectivity index (χ3n) is 1.33. The minimum absolute atomic E-state index is 0.0212. The molecule has 1 aliphatic carbocycles. The Morgan fingerprint density at radius 1 is 1.45 bits per heavy atom. The lowest BCUT2D eigenvalue weighted by atomic mass is 10.4. The summed E-state index contributed by atoms with van der Waals surface area (Å²) >= 11 is 0. The van der Waals surface area contributed by atoms with Crippen molar-refractivity contribution in [2.45, 2.75) is 12.8 Å². The Kier molecular flexibility index (Phi) is 2.30. The predicted molar refractivity (Wildman–Crippen MR) is 34.4 cm³/mol. The van der Waals surface area contributed by atoms with E-state index in [4.69, 9.17) is 0 Å². The van der Waals surface area contributed by atoms with Crippen molar-refractivity contribution in [1.29, 1.82) is 0 Å². The highest BCUT2D eigenvalue weighted by atomic mass is 16.7. The summed E-state index contributed by atoms with van der Waals surface area (Å²) < 4.78 is 4.17. The molecular formula is C6H9NO4. The second-order valence-electron chi connectivity index (χ2n) is 2.29. The standard InChI is InChI=1S/C6H9NO4/c1-10-6(9)7-11-5(8)4-2-3-4/h4H,2-3H2,1H3,(H,7,9). The first kappa shape index (κ1) is 7.84. The van der Waals surface area contributed by atoms with E-state index in [9.17, 15) is 9.59 Å². The quantitative estimate of drug-likeness (QED) is 0.555. The van der Waals surface area contributed by atoms with E-state index in [1.807, 2.05) is 5.48 Å². The molecule has 0 radical (unpaired) electrons. The van der Waals surface area contributed by atoms with Gasteiger partial charge in [-0.2, -0.15) is 0 Å². The van der Waals surface area contributed by atoms with E-state index >= 15 is 0 Å². The molecule has 5 heteroatoms. The Balaban J connectivity index is 2.10. The lowest BCUT2D eigenvalue weighted by Gasteiger charge is -2.01. The molecule has 5 nitrogen and oxygen atoms in total. The summed E-state index contributed by atoms with van der Waals surface area (Å²) in [6.45, 7) is 0. The number of methoxy groups -OCH3 is 1. The molecule has 1 N–H and O–H groups in total. The average Bonchev–Trinajstić information content (AvgIpc) is 2.81. The summed E-state index contributed by atoms with van der Waals surface area (Å²) in [5, 5.41) is 0. The monoisotopic (exact) mass is 159 g/mol. The first-order valence-electron chi connectivity index (χ1n) is 3.28. The Labute approximate surface area is 63.6 Å². The largest absolute Gasteiger partial charge is 0.451 e. The van der Waals surface area contributed by atoms with E-state index in [1.165, 1.54) is 7.11 Å². The van der Waals surface area contributed by atoms with Crippen LogP contribution in [0.4, 0.5) is 4.79 Å². The Morgan fingerprint density at radius 2 is 2.09 bits per heavy atom. The van der Waals surface area contributed by atoms with Gasteiger partial charge in [-0.15, -0.1) is 5.48 Å². The second kappa shape index (κ2) is 3.23. The van der Waals surface area contributed by atoms with Gasteiger partial charge in [-0.05, 0) is 12.8 Å². The van der Waals surface area contributed by atoms with Gasteiger partial charge in [0.1, 0.15) is 0 Å². The van der Waals surface area contributed by atoms with Crippen molar-refractivity contribution >= 4 is 12.1 Å². The molecule has 0 saturated heterocycles. The number of hydroxylamine groups is 1. The molecule has 0 bridgehead atoms. The van der Waals surface area contributed by atoms with Gasteiger partial charge in [-0.25, -0.2) is 9.59 Å². The van der Waals surface area contributed by atoms with Crippen LogP contribution in [0.15, 0.2) is 0 Å². The summed E-state index contributed by atoms with van der Waals surface area (Å²) in [7, 11) is 1.19. The topological polar surface area (TPSA) is 64.6 Å². The third kappa shape index (κ3) is 2.45. The molecule has 0 aromatic rings. The van der Waals surface area contributed by atoms with E-state index in [0.29, 0.717) is 0 Å². The molecule has 0 aliphatic heterocycles. The highest BCUT2D eigenvalue weighted by Gasteiger charge is 2.32. The zero-order valence-corrected chi connectivity index (χ0v) is 6.12. The van der Waals surface area contributed by atoms with Gasteiger partial charge in [-0.3, -0.25) is 0 Å². The van der Waals surface area contributed by atoms with E-state index in [2.05, 4.69) is 9.57 Å². The number of hydrogen-bond donors (Lipinski definition) is 1. The van der Waals surface area contributed by atoms with Gasteiger partial charge >= 0.3 is 12.1 Å². The molecule has 1 aliphatic rings. The van der Waals surface area contributed by atoms with Crippen LogP contribution in [-0.2, 0) is 14.4 Å². The Bertz CT molecular complexity index is 175. The summed E-state index contributed by atoms with van der Waals surface area (Å²) in [6, 6.07) is 0. The van der Waals surface area contributed by atoms with Gasteiger partial charge in [0.25, 0.3) is 0 Å². The van der Waals surface area contributed by atoms with Gasteiger partial charge in [-0.1, -0.05) is 0 Å². The van der Waals surface area contributed by atoms with Crippen molar-refractivity contribution in [3.8, 4) is 0 Å². The van der Waals surface area contributed by atoms with Gasteiger partial charge in [0.05, 0.1) is 13.0 Å². The van der Waals surface area contributed by atoms with E-state index in [0.717, 1.165) is 12.8 Å². The van der Waals surface area contributed by atoms with Crippen LogP contribution in [0, 0.1) is 5.92 Å². The van der Waals surface area contributed by atoms with Crippen LogP contribution in [0.2, 0.25) is 0 Å². The molecule has 0 spiro atoms. The molecule has 1 fully saturated rings. The first-order chi connectivity index (χ1) is 5.24. The summed E-state index contributed by atoms with van der Waals surface area (Å²) in [6.07, 6.45) is 0.933. The molecular weight excluding hydrogens is 150 g/mol. The zero-order valence-electron chi connectivity index (χ0n) is 6.12. The van der Waals surface area contributed by atoms with Crippen molar-refractivity contribution in [2.75, 3.05) is 7.11 Å². The maximum atomic E-state index is 10.7. The SMILES string of the molecule is COC(=O)NOC(=O)C1CC1. The lowest BCUT2D eigenvalue weighted by Crippen LogP contribution is -2.27. The Hall–Kier alpha value is -1.26. The minimum atomic E-state index is -0.765.